The van der Waals surface area contributed by atoms with Crippen molar-refractivity contribution >= 4 is 31.9 Å². The summed E-state index contributed by atoms with van der Waals surface area (Å²) in [5, 5.41) is 2.82. The van der Waals surface area contributed by atoms with Crippen LogP contribution in [0.15, 0.2) is 57.9 Å². The van der Waals surface area contributed by atoms with E-state index < -0.39 is 10.0 Å². The molecule has 0 aliphatic carbocycles. The van der Waals surface area contributed by atoms with E-state index in [0.29, 0.717) is 25.2 Å². The standard InChI is InChI=1S/C18H21BrN2O3S/c1-3-21(4-2)25(23,24)17-11-5-14(6-12-17)13-20-18(22)15-7-9-16(19)10-8-15/h5-12H,3-4,13H2,1-2H3,(H,20,22). The normalized spacial score (nSPS) is 11.5. The van der Waals surface area contributed by atoms with Crippen molar-refractivity contribution < 1.29 is 13.2 Å². The number of nitrogens with one attached hydrogen (secondary N) is 1. The highest BCUT2D eigenvalue weighted by Crippen LogP contribution is 2.16. The Kier molecular flexibility index (Phi) is 6.75. The van der Waals surface area contributed by atoms with Crippen molar-refractivity contribution in [2.75, 3.05) is 13.1 Å². The third kappa shape index (κ3) is 4.90. The van der Waals surface area contributed by atoms with Gasteiger partial charge in [-0.05, 0) is 42.0 Å². The summed E-state index contributed by atoms with van der Waals surface area (Å²) in [5.41, 5.74) is 1.41. The molecule has 2 rings (SSSR count). The first-order chi connectivity index (χ1) is 11.9. The van der Waals surface area contributed by atoms with E-state index in [0.717, 1.165) is 10.0 Å². The number of hydrogen-bond acceptors (Lipinski definition) is 3. The number of sulfonamides is 1. The number of benzene rings is 2. The first-order valence-electron chi connectivity index (χ1n) is 8.01. The second-order valence-corrected chi connectivity index (χ2v) is 8.28. The van der Waals surface area contributed by atoms with Crippen LogP contribution in [0.2, 0.25) is 0 Å². The molecule has 0 spiro atoms. The van der Waals surface area contributed by atoms with Gasteiger partial charge in [0.05, 0.1) is 4.90 Å². The number of rotatable bonds is 7. The lowest BCUT2D eigenvalue weighted by atomic mass is 10.2. The molecule has 0 radical (unpaired) electrons. The van der Waals surface area contributed by atoms with Gasteiger partial charge >= 0.3 is 0 Å². The second-order valence-electron chi connectivity index (χ2n) is 5.42. The number of nitrogens with zero attached hydrogens (tertiary/aromatic N) is 1. The van der Waals surface area contributed by atoms with Gasteiger partial charge in [0.2, 0.25) is 10.0 Å². The van der Waals surface area contributed by atoms with Crippen LogP contribution >= 0.6 is 15.9 Å². The minimum absolute atomic E-state index is 0.174. The lowest BCUT2D eigenvalue weighted by Gasteiger charge is -2.18. The fourth-order valence-corrected chi connectivity index (χ4v) is 4.10. The van der Waals surface area contributed by atoms with E-state index in [1.807, 2.05) is 26.0 Å². The summed E-state index contributed by atoms with van der Waals surface area (Å²) in [5.74, 6) is -0.174. The average molecular weight is 425 g/mol. The van der Waals surface area contributed by atoms with E-state index in [-0.39, 0.29) is 10.8 Å². The molecule has 1 N–H and O–H groups in total. The van der Waals surface area contributed by atoms with Gasteiger partial charge in [-0.2, -0.15) is 4.31 Å². The maximum absolute atomic E-state index is 12.4. The predicted octanol–water partition coefficient (Wildman–Crippen LogP) is 3.41. The van der Waals surface area contributed by atoms with E-state index >= 15 is 0 Å². The van der Waals surface area contributed by atoms with Crippen LogP contribution in [0.3, 0.4) is 0 Å². The van der Waals surface area contributed by atoms with Gasteiger partial charge in [-0.1, -0.05) is 41.9 Å². The first-order valence-corrected chi connectivity index (χ1v) is 10.2. The van der Waals surface area contributed by atoms with Crippen LogP contribution in [-0.2, 0) is 16.6 Å². The van der Waals surface area contributed by atoms with Gasteiger partial charge in [0.25, 0.3) is 5.91 Å². The third-order valence-electron chi connectivity index (χ3n) is 3.83. The summed E-state index contributed by atoms with van der Waals surface area (Å²) >= 11 is 3.33. The van der Waals surface area contributed by atoms with Crippen molar-refractivity contribution in [1.29, 1.82) is 0 Å². The third-order valence-corrected chi connectivity index (χ3v) is 6.42. The van der Waals surface area contributed by atoms with Crippen molar-refractivity contribution in [3.8, 4) is 0 Å². The highest BCUT2D eigenvalue weighted by Gasteiger charge is 2.21. The highest BCUT2D eigenvalue weighted by atomic mass is 79.9. The van der Waals surface area contributed by atoms with E-state index in [1.54, 1.807) is 36.4 Å². The summed E-state index contributed by atoms with van der Waals surface area (Å²) in [4.78, 5) is 12.4. The molecule has 1 amide bonds. The summed E-state index contributed by atoms with van der Waals surface area (Å²) < 4.78 is 27.2. The molecule has 0 saturated heterocycles. The smallest absolute Gasteiger partial charge is 0.251 e. The fraction of sp³-hybridized carbons (Fsp3) is 0.278. The Bertz CT molecular complexity index is 814. The minimum atomic E-state index is -3.45. The Balaban J connectivity index is 2.03. The van der Waals surface area contributed by atoms with Crippen molar-refractivity contribution in [1.82, 2.24) is 9.62 Å². The molecule has 0 heterocycles. The van der Waals surface area contributed by atoms with Crippen LogP contribution in [0.4, 0.5) is 0 Å². The highest BCUT2D eigenvalue weighted by molar-refractivity contribution is 9.10. The Labute approximate surface area is 157 Å². The molecule has 25 heavy (non-hydrogen) atoms. The molecule has 0 aliphatic heterocycles. The molecule has 0 bridgehead atoms. The molecule has 0 aliphatic rings. The van der Waals surface area contributed by atoms with Crippen LogP contribution in [0, 0.1) is 0 Å². The Morgan fingerprint density at radius 2 is 1.56 bits per heavy atom. The molecule has 5 nitrogen and oxygen atoms in total. The fourth-order valence-electron chi connectivity index (χ4n) is 2.38. The molecule has 0 saturated carbocycles. The quantitative estimate of drug-likeness (QED) is 0.740. The maximum Gasteiger partial charge on any atom is 0.251 e. The van der Waals surface area contributed by atoms with Crippen LogP contribution in [0.5, 0.6) is 0 Å². The lowest BCUT2D eigenvalue weighted by Crippen LogP contribution is -2.30. The van der Waals surface area contributed by atoms with Crippen LogP contribution in [-0.4, -0.2) is 31.7 Å². The SMILES string of the molecule is CCN(CC)S(=O)(=O)c1ccc(CNC(=O)c2ccc(Br)cc2)cc1. The van der Waals surface area contributed by atoms with Crippen LogP contribution in [0.1, 0.15) is 29.8 Å². The summed E-state index contributed by atoms with van der Waals surface area (Å²) in [6, 6.07) is 13.7. The zero-order valence-corrected chi connectivity index (χ0v) is 16.6. The lowest BCUT2D eigenvalue weighted by molar-refractivity contribution is 0.0951. The van der Waals surface area contributed by atoms with Gasteiger partial charge in [-0.25, -0.2) is 8.42 Å². The summed E-state index contributed by atoms with van der Waals surface area (Å²) in [7, 11) is -3.45. The molecule has 0 atom stereocenters. The molecular formula is C18H21BrN2O3S. The van der Waals surface area contributed by atoms with Crippen molar-refractivity contribution in [2.24, 2.45) is 0 Å². The van der Waals surface area contributed by atoms with Crippen LogP contribution in [0.25, 0.3) is 0 Å². The number of hydrogen-bond donors (Lipinski definition) is 1. The number of carbonyl (C=O) groups excluding carboxylic acids is 1. The molecule has 7 heteroatoms. The molecule has 2 aromatic rings. The monoisotopic (exact) mass is 424 g/mol. The zero-order valence-electron chi connectivity index (χ0n) is 14.2. The number of carbonyl (C=O) groups is 1. The average Bonchev–Trinajstić information content (AvgIpc) is 2.61. The van der Waals surface area contributed by atoms with Gasteiger partial charge in [0, 0.05) is 29.7 Å². The van der Waals surface area contributed by atoms with Gasteiger partial charge in [0.15, 0.2) is 0 Å². The molecule has 134 valence electrons. The van der Waals surface area contributed by atoms with Gasteiger partial charge in [0.1, 0.15) is 0 Å². The van der Waals surface area contributed by atoms with Crippen molar-refractivity contribution in [3.63, 3.8) is 0 Å². The van der Waals surface area contributed by atoms with E-state index in [9.17, 15) is 13.2 Å². The van der Waals surface area contributed by atoms with E-state index in [1.165, 1.54) is 4.31 Å². The summed E-state index contributed by atoms with van der Waals surface area (Å²) in [6.07, 6.45) is 0. The maximum atomic E-state index is 12.4. The predicted molar refractivity (Wildman–Crippen MR) is 102 cm³/mol. The van der Waals surface area contributed by atoms with Crippen LogP contribution < -0.4 is 5.32 Å². The first kappa shape index (κ1) is 19.6. The Morgan fingerprint density at radius 1 is 1.00 bits per heavy atom. The van der Waals surface area contributed by atoms with E-state index in [4.69, 9.17) is 0 Å². The molecule has 0 fully saturated rings. The van der Waals surface area contributed by atoms with Crippen molar-refractivity contribution in [2.45, 2.75) is 25.3 Å². The van der Waals surface area contributed by atoms with Crippen molar-refractivity contribution in [3.05, 3.63) is 64.1 Å². The molecule has 0 aromatic heterocycles. The number of halogens is 1. The number of amides is 1. The van der Waals surface area contributed by atoms with Gasteiger partial charge in [-0.15, -0.1) is 0 Å². The topological polar surface area (TPSA) is 66.5 Å². The summed E-state index contributed by atoms with van der Waals surface area (Å²) in [6.45, 7) is 4.83. The minimum Gasteiger partial charge on any atom is -0.348 e. The molecular weight excluding hydrogens is 404 g/mol. The van der Waals surface area contributed by atoms with Gasteiger partial charge < -0.3 is 5.32 Å². The second kappa shape index (κ2) is 8.60. The Hall–Kier alpha value is -1.70. The van der Waals surface area contributed by atoms with Gasteiger partial charge in [-0.3, -0.25) is 4.79 Å². The largest absolute Gasteiger partial charge is 0.348 e. The zero-order chi connectivity index (χ0) is 18.4. The van der Waals surface area contributed by atoms with E-state index in [2.05, 4.69) is 21.2 Å². The molecule has 0 unspecified atom stereocenters. The molecule has 2 aromatic carbocycles. The Morgan fingerprint density at radius 3 is 2.08 bits per heavy atom.